The SMILES string of the molecule is C=C(/C=C(/F)C(=C)OCc1ccc(-c2ccc(-c3ccc(O)cc3)c(F)c2F)cc1)OC.C=CC. The molecule has 6 heteroatoms. The summed E-state index contributed by atoms with van der Waals surface area (Å²) >= 11 is 0. The van der Waals surface area contributed by atoms with E-state index in [1.807, 2.05) is 6.92 Å². The first-order valence-corrected chi connectivity index (χ1v) is 10.6. The van der Waals surface area contributed by atoms with Crippen LogP contribution in [0.4, 0.5) is 13.2 Å². The maximum atomic E-state index is 14.8. The lowest BCUT2D eigenvalue weighted by molar-refractivity contribution is 0.196. The van der Waals surface area contributed by atoms with E-state index in [9.17, 15) is 18.3 Å². The number of benzene rings is 3. The summed E-state index contributed by atoms with van der Waals surface area (Å²) in [6, 6.07) is 15.4. The van der Waals surface area contributed by atoms with Crippen molar-refractivity contribution in [2.45, 2.75) is 13.5 Å². The number of methoxy groups -OCH3 is 1. The van der Waals surface area contributed by atoms with Crippen molar-refractivity contribution in [1.29, 1.82) is 0 Å². The van der Waals surface area contributed by atoms with Crippen LogP contribution in [-0.2, 0) is 16.1 Å². The van der Waals surface area contributed by atoms with Crippen molar-refractivity contribution in [3.05, 3.63) is 127 Å². The fourth-order valence-corrected chi connectivity index (χ4v) is 2.94. The van der Waals surface area contributed by atoms with Crippen LogP contribution in [0.25, 0.3) is 22.3 Å². The maximum absolute atomic E-state index is 14.8. The molecule has 3 nitrogen and oxygen atoms in total. The van der Waals surface area contributed by atoms with Crippen LogP contribution in [0, 0.1) is 11.6 Å². The molecule has 0 saturated carbocycles. The predicted molar refractivity (Wildman–Crippen MR) is 134 cm³/mol. The minimum absolute atomic E-state index is 0.0382. The van der Waals surface area contributed by atoms with E-state index in [0.717, 1.165) is 6.08 Å². The summed E-state index contributed by atoms with van der Waals surface area (Å²) in [7, 11) is 1.37. The van der Waals surface area contributed by atoms with Gasteiger partial charge in [-0.1, -0.05) is 67.8 Å². The zero-order chi connectivity index (χ0) is 26.0. The molecule has 182 valence electrons. The first-order valence-electron chi connectivity index (χ1n) is 10.6. The van der Waals surface area contributed by atoms with Gasteiger partial charge in [0, 0.05) is 17.2 Å². The number of phenolic OH excluding ortho intramolecular Hbond substituents is 1. The standard InChI is InChI=1S/C26H21F3O3.C3H6/c1-16(31-3)14-24(27)17(2)32-15-18-4-6-19(7-5-18)22-12-13-23(26(29)25(22)28)20-8-10-21(30)11-9-20;1-3-2/h4-14,30H,1-2,15H2,3H3;3H,1H2,2H3/b24-14+;. The van der Waals surface area contributed by atoms with E-state index in [1.165, 1.54) is 43.5 Å². The van der Waals surface area contributed by atoms with E-state index >= 15 is 0 Å². The number of aromatic hydroxyl groups is 1. The van der Waals surface area contributed by atoms with Gasteiger partial charge in [0.2, 0.25) is 0 Å². The Morgan fingerprint density at radius 1 is 0.886 bits per heavy atom. The van der Waals surface area contributed by atoms with Gasteiger partial charge in [0.15, 0.2) is 17.5 Å². The first kappa shape index (κ1) is 27.1. The Balaban J connectivity index is 0.00000137. The Morgan fingerprint density at radius 2 is 1.34 bits per heavy atom. The van der Waals surface area contributed by atoms with Crippen LogP contribution in [-0.4, -0.2) is 12.2 Å². The van der Waals surface area contributed by atoms with Crippen molar-refractivity contribution in [1.82, 2.24) is 0 Å². The zero-order valence-corrected chi connectivity index (χ0v) is 19.7. The summed E-state index contributed by atoms with van der Waals surface area (Å²) < 4.78 is 53.4. The molecule has 1 N–H and O–H groups in total. The Morgan fingerprint density at radius 3 is 1.80 bits per heavy atom. The minimum Gasteiger partial charge on any atom is -0.508 e. The molecule has 0 spiro atoms. The average Bonchev–Trinajstić information content (AvgIpc) is 2.85. The van der Waals surface area contributed by atoms with Crippen LogP contribution < -0.4 is 0 Å². The highest BCUT2D eigenvalue weighted by molar-refractivity contribution is 5.72. The number of ether oxygens (including phenoxy) is 2. The molecule has 0 unspecified atom stereocenters. The summed E-state index contributed by atoms with van der Waals surface area (Å²) in [4.78, 5) is 0. The van der Waals surface area contributed by atoms with Gasteiger partial charge in [-0.25, -0.2) is 13.2 Å². The van der Waals surface area contributed by atoms with Crippen LogP contribution >= 0.6 is 0 Å². The second kappa shape index (κ2) is 12.9. The van der Waals surface area contributed by atoms with Gasteiger partial charge in [-0.15, -0.1) is 6.58 Å². The van der Waals surface area contributed by atoms with Gasteiger partial charge >= 0.3 is 0 Å². The molecule has 0 radical (unpaired) electrons. The lowest BCUT2D eigenvalue weighted by Gasteiger charge is -2.11. The van der Waals surface area contributed by atoms with Gasteiger partial charge in [-0.2, -0.15) is 0 Å². The van der Waals surface area contributed by atoms with Crippen LogP contribution in [0.2, 0.25) is 0 Å². The van der Waals surface area contributed by atoms with Crippen molar-refractivity contribution in [2.24, 2.45) is 0 Å². The molecule has 0 aromatic heterocycles. The molecule has 0 atom stereocenters. The highest BCUT2D eigenvalue weighted by atomic mass is 19.2. The third-order valence-corrected chi connectivity index (χ3v) is 4.75. The van der Waals surface area contributed by atoms with Gasteiger partial charge < -0.3 is 14.6 Å². The maximum Gasteiger partial charge on any atom is 0.168 e. The second-order valence-electron chi connectivity index (χ2n) is 7.32. The van der Waals surface area contributed by atoms with Gasteiger partial charge in [-0.05, 0) is 35.7 Å². The molecule has 0 aliphatic heterocycles. The molecule has 0 fully saturated rings. The van der Waals surface area contributed by atoms with Crippen molar-refractivity contribution in [2.75, 3.05) is 7.11 Å². The molecule has 0 heterocycles. The van der Waals surface area contributed by atoms with Gasteiger partial charge in [0.1, 0.15) is 23.9 Å². The molecule has 0 bridgehead atoms. The Labute approximate surface area is 203 Å². The normalized spacial score (nSPS) is 10.6. The highest BCUT2D eigenvalue weighted by Gasteiger charge is 2.16. The fraction of sp³-hybridized carbons (Fsp3) is 0.103. The van der Waals surface area contributed by atoms with Crippen LogP contribution in [0.3, 0.4) is 0 Å². The van der Waals surface area contributed by atoms with Crippen molar-refractivity contribution in [3.63, 3.8) is 0 Å². The van der Waals surface area contributed by atoms with E-state index in [2.05, 4.69) is 19.7 Å². The second-order valence-corrected chi connectivity index (χ2v) is 7.32. The molecular weight excluding hydrogens is 453 g/mol. The van der Waals surface area contributed by atoms with Crippen molar-refractivity contribution < 1.29 is 27.8 Å². The Bertz CT molecular complexity index is 1210. The van der Waals surface area contributed by atoms with Gasteiger partial charge in [-0.3, -0.25) is 0 Å². The first-order chi connectivity index (χ1) is 16.7. The molecular formula is C29H27F3O3. The van der Waals surface area contributed by atoms with E-state index in [0.29, 0.717) is 16.7 Å². The molecule has 3 aromatic carbocycles. The number of hydrogen-bond acceptors (Lipinski definition) is 3. The smallest absolute Gasteiger partial charge is 0.168 e. The zero-order valence-electron chi connectivity index (χ0n) is 19.7. The quantitative estimate of drug-likeness (QED) is 0.200. The molecule has 3 rings (SSSR count). The lowest BCUT2D eigenvalue weighted by atomic mass is 9.98. The summed E-state index contributed by atoms with van der Waals surface area (Å²) in [5.74, 6) is -2.67. The summed E-state index contributed by atoms with van der Waals surface area (Å²) in [6.45, 7) is 12.3. The third kappa shape index (κ3) is 7.40. The topological polar surface area (TPSA) is 38.7 Å². The van der Waals surface area contributed by atoms with Gasteiger partial charge in [0.05, 0.1) is 7.11 Å². The summed E-state index contributed by atoms with van der Waals surface area (Å²) in [5.41, 5.74) is 1.82. The molecule has 0 aliphatic carbocycles. The monoisotopic (exact) mass is 480 g/mol. The van der Waals surface area contributed by atoms with Crippen molar-refractivity contribution in [3.8, 4) is 28.0 Å². The predicted octanol–water partition coefficient (Wildman–Crippen LogP) is 8.24. The van der Waals surface area contributed by atoms with Crippen LogP contribution in [0.1, 0.15) is 12.5 Å². The van der Waals surface area contributed by atoms with E-state index in [1.54, 1.807) is 30.3 Å². The molecule has 0 amide bonds. The average molecular weight is 481 g/mol. The highest BCUT2D eigenvalue weighted by Crippen LogP contribution is 2.32. The Kier molecular flexibility index (Phi) is 9.97. The number of rotatable bonds is 8. The fourth-order valence-electron chi connectivity index (χ4n) is 2.94. The third-order valence-electron chi connectivity index (χ3n) is 4.75. The molecule has 0 aliphatic rings. The lowest BCUT2D eigenvalue weighted by Crippen LogP contribution is -1.96. The van der Waals surface area contributed by atoms with Crippen LogP contribution in [0.5, 0.6) is 5.75 Å². The van der Waals surface area contributed by atoms with E-state index in [-0.39, 0.29) is 35.0 Å². The number of allylic oxidation sites excluding steroid dienone is 3. The summed E-state index contributed by atoms with van der Waals surface area (Å²) in [5, 5.41) is 9.37. The van der Waals surface area contributed by atoms with E-state index < -0.39 is 17.5 Å². The Hall–Kier alpha value is -4.19. The molecule has 0 saturated heterocycles. The van der Waals surface area contributed by atoms with Gasteiger partial charge in [0.25, 0.3) is 0 Å². The van der Waals surface area contributed by atoms with Crippen LogP contribution in [0.15, 0.2) is 110 Å². The number of hydrogen-bond donors (Lipinski definition) is 1. The van der Waals surface area contributed by atoms with Crippen molar-refractivity contribution >= 4 is 0 Å². The summed E-state index contributed by atoms with van der Waals surface area (Å²) in [6.07, 6.45) is 2.81. The minimum atomic E-state index is -0.975. The number of phenols is 1. The van der Waals surface area contributed by atoms with E-state index in [4.69, 9.17) is 9.47 Å². The largest absolute Gasteiger partial charge is 0.508 e. The molecule has 35 heavy (non-hydrogen) atoms. The molecule has 3 aromatic rings. The number of halogens is 3.